The standard InChI is InChI=1S/C21H24N2O4S/c1-13(2)27-21(25)18-15(4)17-19(28-18)22-12-23(20(17)24)10-5-11-26-16-8-6-14(3)7-9-16/h6-9,12-13H,5,10-11H2,1-4H3. The molecule has 0 atom stereocenters. The molecule has 0 N–H and O–H groups in total. The van der Waals surface area contributed by atoms with Crippen molar-refractivity contribution < 1.29 is 14.3 Å². The van der Waals surface area contributed by atoms with Crippen molar-refractivity contribution in [1.29, 1.82) is 0 Å². The number of hydrogen-bond acceptors (Lipinski definition) is 6. The Morgan fingerprint density at radius 3 is 2.61 bits per heavy atom. The maximum atomic E-state index is 12.8. The first-order valence-electron chi connectivity index (χ1n) is 9.26. The summed E-state index contributed by atoms with van der Waals surface area (Å²) in [6, 6.07) is 7.86. The number of ether oxygens (including phenoxy) is 2. The van der Waals surface area contributed by atoms with Crippen LogP contribution in [0.5, 0.6) is 5.75 Å². The molecule has 0 aliphatic carbocycles. The van der Waals surface area contributed by atoms with Crippen LogP contribution in [0.15, 0.2) is 35.4 Å². The van der Waals surface area contributed by atoms with Crippen molar-refractivity contribution in [3.05, 3.63) is 57.0 Å². The Balaban J connectivity index is 1.71. The largest absolute Gasteiger partial charge is 0.494 e. The van der Waals surface area contributed by atoms with Crippen molar-refractivity contribution in [3.8, 4) is 5.75 Å². The van der Waals surface area contributed by atoms with Gasteiger partial charge in [-0.15, -0.1) is 11.3 Å². The summed E-state index contributed by atoms with van der Waals surface area (Å²) in [4.78, 5) is 30.5. The van der Waals surface area contributed by atoms with E-state index in [1.807, 2.05) is 31.2 Å². The fourth-order valence-electron chi connectivity index (χ4n) is 2.84. The van der Waals surface area contributed by atoms with Gasteiger partial charge in [-0.2, -0.15) is 0 Å². The quantitative estimate of drug-likeness (QED) is 0.441. The van der Waals surface area contributed by atoms with Crippen LogP contribution in [-0.2, 0) is 11.3 Å². The summed E-state index contributed by atoms with van der Waals surface area (Å²) < 4.78 is 12.5. The number of carbonyl (C=O) groups is 1. The smallest absolute Gasteiger partial charge is 0.348 e. The van der Waals surface area contributed by atoms with Gasteiger partial charge >= 0.3 is 5.97 Å². The molecule has 1 aromatic carbocycles. The molecule has 0 aliphatic rings. The zero-order valence-corrected chi connectivity index (χ0v) is 17.3. The molecule has 7 heteroatoms. The first-order chi connectivity index (χ1) is 13.4. The third kappa shape index (κ3) is 4.42. The van der Waals surface area contributed by atoms with Gasteiger partial charge in [0.15, 0.2) is 0 Å². The maximum Gasteiger partial charge on any atom is 0.348 e. The number of esters is 1. The van der Waals surface area contributed by atoms with Gasteiger partial charge in [0.25, 0.3) is 5.56 Å². The predicted molar refractivity (Wildman–Crippen MR) is 110 cm³/mol. The number of aromatic nitrogens is 2. The average Bonchev–Trinajstić information content (AvgIpc) is 2.99. The lowest BCUT2D eigenvalue weighted by Gasteiger charge is -2.08. The molecular weight excluding hydrogens is 376 g/mol. The van der Waals surface area contributed by atoms with Gasteiger partial charge < -0.3 is 9.47 Å². The molecule has 2 aromatic heterocycles. The van der Waals surface area contributed by atoms with Gasteiger partial charge in [-0.1, -0.05) is 17.7 Å². The van der Waals surface area contributed by atoms with Gasteiger partial charge in [0.05, 0.1) is 24.4 Å². The number of fused-ring (bicyclic) bond motifs is 1. The van der Waals surface area contributed by atoms with E-state index in [1.54, 1.807) is 25.3 Å². The number of aryl methyl sites for hydroxylation is 3. The lowest BCUT2D eigenvalue weighted by Crippen LogP contribution is -2.21. The van der Waals surface area contributed by atoms with Gasteiger partial charge in [0.1, 0.15) is 15.5 Å². The van der Waals surface area contributed by atoms with E-state index in [-0.39, 0.29) is 11.7 Å². The Labute approximate surface area is 167 Å². The summed E-state index contributed by atoms with van der Waals surface area (Å²) in [7, 11) is 0. The average molecular weight is 401 g/mol. The van der Waals surface area contributed by atoms with Gasteiger partial charge in [0.2, 0.25) is 0 Å². The van der Waals surface area contributed by atoms with Crippen LogP contribution in [0.1, 0.15) is 41.1 Å². The molecule has 0 saturated heterocycles. The minimum absolute atomic E-state index is 0.141. The third-order valence-corrected chi connectivity index (χ3v) is 5.46. The van der Waals surface area contributed by atoms with Crippen molar-refractivity contribution >= 4 is 27.5 Å². The summed E-state index contributed by atoms with van der Waals surface area (Å²) in [6.45, 7) is 8.38. The molecule has 0 unspecified atom stereocenters. The van der Waals surface area contributed by atoms with Crippen LogP contribution in [0.25, 0.3) is 10.2 Å². The van der Waals surface area contributed by atoms with Gasteiger partial charge in [0, 0.05) is 6.54 Å². The molecular formula is C21H24N2O4S. The molecule has 0 saturated carbocycles. The second-order valence-electron chi connectivity index (χ2n) is 6.95. The van der Waals surface area contributed by atoms with Crippen molar-refractivity contribution in [2.45, 2.75) is 46.8 Å². The number of benzene rings is 1. The van der Waals surface area contributed by atoms with Crippen molar-refractivity contribution in [2.75, 3.05) is 6.61 Å². The predicted octanol–water partition coefficient (Wildman–Crippen LogP) is 4.11. The Morgan fingerprint density at radius 2 is 1.93 bits per heavy atom. The second kappa shape index (κ2) is 8.56. The fourth-order valence-corrected chi connectivity index (χ4v) is 3.86. The molecule has 28 heavy (non-hydrogen) atoms. The third-order valence-electron chi connectivity index (χ3n) is 4.28. The number of nitrogens with zero attached hydrogens (tertiary/aromatic N) is 2. The Kier molecular flexibility index (Phi) is 6.14. The number of carbonyl (C=O) groups excluding carboxylic acids is 1. The van der Waals surface area contributed by atoms with Gasteiger partial charge in [-0.3, -0.25) is 9.36 Å². The number of hydrogen-bond donors (Lipinski definition) is 0. The van der Waals surface area contributed by atoms with Crippen LogP contribution in [0.4, 0.5) is 0 Å². The van der Waals surface area contributed by atoms with Gasteiger partial charge in [-0.05, 0) is 51.8 Å². The molecule has 148 valence electrons. The zero-order chi connectivity index (χ0) is 20.3. The highest BCUT2D eigenvalue weighted by Gasteiger charge is 2.21. The zero-order valence-electron chi connectivity index (χ0n) is 16.5. The number of thiophene rings is 1. The summed E-state index contributed by atoms with van der Waals surface area (Å²) in [5, 5.41) is 0.489. The summed E-state index contributed by atoms with van der Waals surface area (Å²) >= 11 is 1.20. The topological polar surface area (TPSA) is 70.4 Å². The molecule has 3 aromatic rings. The van der Waals surface area contributed by atoms with Crippen LogP contribution in [0.2, 0.25) is 0 Å². The van der Waals surface area contributed by atoms with Crippen molar-refractivity contribution in [3.63, 3.8) is 0 Å². The van der Waals surface area contributed by atoms with Crippen LogP contribution in [0, 0.1) is 13.8 Å². The molecule has 0 spiro atoms. The molecule has 3 rings (SSSR count). The van der Waals surface area contributed by atoms with Gasteiger partial charge in [-0.25, -0.2) is 9.78 Å². The number of rotatable bonds is 7. The minimum atomic E-state index is -0.409. The molecule has 0 aliphatic heterocycles. The Bertz CT molecular complexity index is 1030. The summed E-state index contributed by atoms with van der Waals surface area (Å²) in [6.07, 6.45) is 1.99. The van der Waals surface area contributed by atoms with E-state index < -0.39 is 5.97 Å². The highest BCUT2D eigenvalue weighted by atomic mass is 32.1. The van der Waals surface area contributed by atoms with Crippen molar-refractivity contribution in [1.82, 2.24) is 9.55 Å². The van der Waals surface area contributed by atoms with Crippen LogP contribution < -0.4 is 10.3 Å². The monoisotopic (exact) mass is 400 g/mol. The summed E-state index contributed by atoms with van der Waals surface area (Å²) in [5.41, 5.74) is 1.67. The molecule has 0 bridgehead atoms. The van der Waals surface area contributed by atoms with E-state index in [2.05, 4.69) is 4.98 Å². The molecule has 2 heterocycles. The lowest BCUT2D eigenvalue weighted by molar-refractivity contribution is 0.0383. The first-order valence-corrected chi connectivity index (χ1v) is 10.1. The fraction of sp³-hybridized carbons (Fsp3) is 0.381. The lowest BCUT2D eigenvalue weighted by atomic mass is 10.2. The Morgan fingerprint density at radius 1 is 1.21 bits per heavy atom. The maximum absolute atomic E-state index is 12.8. The van der Waals surface area contributed by atoms with Crippen LogP contribution in [0.3, 0.4) is 0 Å². The highest BCUT2D eigenvalue weighted by molar-refractivity contribution is 7.20. The highest BCUT2D eigenvalue weighted by Crippen LogP contribution is 2.27. The van der Waals surface area contributed by atoms with E-state index in [9.17, 15) is 9.59 Å². The SMILES string of the molecule is Cc1ccc(OCCCn2cnc3sc(C(=O)OC(C)C)c(C)c3c2=O)cc1. The molecule has 0 fully saturated rings. The first kappa shape index (κ1) is 20.1. The van der Waals surface area contributed by atoms with E-state index in [0.29, 0.717) is 40.2 Å². The van der Waals surface area contributed by atoms with E-state index in [4.69, 9.17) is 9.47 Å². The molecule has 6 nitrogen and oxygen atoms in total. The van der Waals surface area contributed by atoms with Crippen LogP contribution in [-0.4, -0.2) is 28.2 Å². The molecule has 0 amide bonds. The van der Waals surface area contributed by atoms with Crippen molar-refractivity contribution in [2.24, 2.45) is 0 Å². The second-order valence-corrected chi connectivity index (χ2v) is 7.95. The Hall–Kier alpha value is -2.67. The van der Waals surface area contributed by atoms with Crippen LogP contribution >= 0.6 is 11.3 Å². The van der Waals surface area contributed by atoms with E-state index >= 15 is 0 Å². The van der Waals surface area contributed by atoms with E-state index in [0.717, 1.165) is 5.75 Å². The molecule has 0 radical (unpaired) electrons. The normalized spacial score (nSPS) is 11.2. The minimum Gasteiger partial charge on any atom is -0.494 e. The van der Waals surface area contributed by atoms with E-state index in [1.165, 1.54) is 23.2 Å². The summed E-state index contributed by atoms with van der Waals surface area (Å²) in [5.74, 6) is 0.404.